The number of nitrogens with zero attached hydrogens (tertiary/aromatic N) is 3. The van der Waals surface area contributed by atoms with Crippen LogP contribution >= 0.6 is 23.5 Å². The van der Waals surface area contributed by atoms with Gasteiger partial charge >= 0.3 is 0 Å². The molecule has 2 rings (SSSR count). The van der Waals surface area contributed by atoms with Gasteiger partial charge in [0, 0.05) is 41.0 Å². The molecule has 2 heterocycles. The van der Waals surface area contributed by atoms with Crippen LogP contribution in [-0.2, 0) is 6.42 Å². The summed E-state index contributed by atoms with van der Waals surface area (Å²) < 4.78 is 2.06. The second kappa shape index (κ2) is 8.29. The lowest BCUT2D eigenvalue weighted by Gasteiger charge is -2.30. The molecular weight excluding hydrogens is 288 g/mol. The largest absolute Gasteiger partial charge is 0.312 e. The maximum absolute atomic E-state index is 4.48. The summed E-state index contributed by atoms with van der Waals surface area (Å²) in [6, 6.07) is 0.891. The fraction of sp³-hybridized carbons (Fsp3) is 0.857. The van der Waals surface area contributed by atoms with Crippen LogP contribution < -0.4 is 5.32 Å². The summed E-state index contributed by atoms with van der Waals surface area (Å²) in [5, 5.41) is 8.78. The van der Waals surface area contributed by atoms with E-state index in [0.717, 1.165) is 18.8 Å². The molecule has 1 aliphatic heterocycles. The highest BCUT2D eigenvalue weighted by molar-refractivity contribution is 8.06. The molecule has 0 aliphatic carbocycles. The predicted octanol–water partition coefficient (Wildman–Crippen LogP) is 2.62. The normalized spacial score (nSPS) is 21.3. The van der Waals surface area contributed by atoms with Gasteiger partial charge in [0.25, 0.3) is 0 Å². The van der Waals surface area contributed by atoms with Crippen LogP contribution in [0, 0.1) is 0 Å². The topological polar surface area (TPSA) is 42.7 Å². The van der Waals surface area contributed by atoms with Crippen molar-refractivity contribution in [1.82, 2.24) is 20.1 Å². The van der Waals surface area contributed by atoms with Gasteiger partial charge in [-0.25, -0.2) is 9.67 Å². The van der Waals surface area contributed by atoms with Crippen molar-refractivity contribution < 1.29 is 0 Å². The Kier molecular flexibility index (Phi) is 6.71. The monoisotopic (exact) mass is 314 g/mol. The van der Waals surface area contributed by atoms with Gasteiger partial charge in [0.15, 0.2) is 0 Å². The Morgan fingerprint density at radius 1 is 1.45 bits per heavy atom. The van der Waals surface area contributed by atoms with Crippen molar-refractivity contribution in [2.45, 2.75) is 50.9 Å². The summed E-state index contributed by atoms with van der Waals surface area (Å²) in [7, 11) is 0. The van der Waals surface area contributed by atoms with Gasteiger partial charge in [-0.3, -0.25) is 0 Å². The molecule has 1 N–H and O–H groups in total. The zero-order valence-corrected chi connectivity index (χ0v) is 14.3. The van der Waals surface area contributed by atoms with Crippen LogP contribution in [0.5, 0.6) is 0 Å². The second-order valence-corrected chi connectivity index (χ2v) is 7.96. The van der Waals surface area contributed by atoms with E-state index in [9.17, 15) is 0 Å². The van der Waals surface area contributed by atoms with Crippen molar-refractivity contribution in [3.63, 3.8) is 0 Å². The molecule has 2 atom stereocenters. The minimum atomic E-state index is 0.382. The van der Waals surface area contributed by atoms with E-state index in [1.165, 1.54) is 23.7 Å². The molecule has 0 amide bonds. The Morgan fingerprint density at radius 3 is 2.95 bits per heavy atom. The fourth-order valence-electron chi connectivity index (χ4n) is 2.45. The van der Waals surface area contributed by atoms with Gasteiger partial charge in [-0.1, -0.05) is 6.92 Å². The van der Waals surface area contributed by atoms with Crippen LogP contribution in [0.1, 0.15) is 39.1 Å². The molecule has 0 bridgehead atoms. The predicted molar refractivity (Wildman–Crippen MR) is 89.8 cm³/mol. The Labute approximate surface area is 130 Å². The Balaban J connectivity index is 2.03. The van der Waals surface area contributed by atoms with Crippen molar-refractivity contribution in [2.75, 3.05) is 23.8 Å². The third kappa shape index (κ3) is 4.40. The molecule has 114 valence electrons. The van der Waals surface area contributed by atoms with Crippen molar-refractivity contribution in [1.29, 1.82) is 0 Å². The van der Waals surface area contributed by atoms with Crippen molar-refractivity contribution in [3.8, 4) is 0 Å². The first-order chi connectivity index (χ1) is 9.72. The molecule has 2 unspecified atom stereocenters. The summed E-state index contributed by atoms with van der Waals surface area (Å²) >= 11 is 4.20. The standard InChI is InChI=1S/C14H26N4S2/c1-4-5-15-12(13-9-19-6-7-20-13)8-14-16-10-17-18(14)11(2)3/h10-13,15H,4-9H2,1-3H3. The highest BCUT2D eigenvalue weighted by atomic mass is 32.2. The highest BCUT2D eigenvalue weighted by Crippen LogP contribution is 2.27. The number of hydrogen-bond acceptors (Lipinski definition) is 5. The van der Waals surface area contributed by atoms with Crippen molar-refractivity contribution >= 4 is 23.5 Å². The van der Waals surface area contributed by atoms with E-state index in [2.05, 4.69) is 64.4 Å². The Morgan fingerprint density at radius 2 is 2.30 bits per heavy atom. The smallest absolute Gasteiger partial charge is 0.138 e. The average Bonchev–Trinajstić information content (AvgIpc) is 2.92. The second-order valence-electron chi connectivity index (χ2n) is 5.46. The lowest BCUT2D eigenvalue weighted by atomic mass is 10.1. The summed E-state index contributed by atoms with van der Waals surface area (Å²) in [4.78, 5) is 4.48. The molecule has 1 aromatic heterocycles. The van der Waals surface area contributed by atoms with Gasteiger partial charge in [-0.2, -0.15) is 28.6 Å². The van der Waals surface area contributed by atoms with Crippen LogP contribution in [0.3, 0.4) is 0 Å². The van der Waals surface area contributed by atoms with Crippen molar-refractivity contribution in [3.05, 3.63) is 12.2 Å². The molecule has 1 aliphatic rings. The SMILES string of the molecule is CCCNC(Cc1ncnn1C(C)C)C1CSCCS1. The first-order valence-electron chi connectivity index (χ1n) is 7.53. The number of rotatable bonds is 7. The van der Waals surface area contributed by atoms with Crippen LogP contribution in [-0.4, -0.2) is 49.9 Å². The molecule has 1 aromatic rings. The minimum Gasteiger partial charge on any atom is -0.312 e. The lowest BCUT2D eigenvalue weighted by Crippen LogP contribution is -2.43. The van der Waals surface area contributed by atoms with Crippen LogP contribution in [0.2, 0.25) is 0 Å². The van der Waals surface area contributed by atoms with Crippen LogP contribution in [0.25, 0.3) is 0 Å². The van der Waals surface area contributed by atoms with E-state index in [1.807, 2.05) is 0 Å². The van der Waals surface area contributed by atoms with E-state index < -0.39 is 0 Å². The van der Waals surface area contributed by atoms with Gasteiger partial charge in [0.05, 0.1) is 0 Å². The van der Waals surface area contributed by atoms with Gasteiger partial charge in [-0.05, 0) is 26.8 Å². The van der Waals surface area contributed by atoms with Crippen molar-refractivity contribution in [2.24, 2.45) is 0 Å². The molecule has 20 heavy (non-hydrogen) atoms. The van der Waals surface area contributed by atoms with Gasteiger partial charge in [-0.15, -0.1) is 0 Å². The zero-order chi connectivity index (χ0) is 14.4. The van der Waals surface area contributed by atoms with E-state index in [4.69, 9.17) is 0 Å². The van der Waals surface area contributed by atoms with Gasteiger partial charge < -0.3 is 5.32 Å². The Bertz CT molecular complexity index is 388. The minimum absolute atomic E-state index is 0.382. The zero-order valence-electron chi connectivity index (χ0n) is 12.7. The number of aromatic nitrogens is 3. The molecule has 0 aromatic carbocycles. The number of hydrogen-bond donors (Lipinski definition) is 1. The first kappa shape index (κ1) is 16.2. The summed E-state index contributed by atoms with van der Waals surface area (Å²) in [6.45, 7) is 7.64. The fourth-order valence-corrected chi connectivity index (χ4v) is 5.34. The van der Waals surface area contributed by atoms with E-state index in [-0.39, 0.29) is 0 Å². The van der Waals surface area contributed by atoms with E-state index >= 15 is 0 Å². The quantitative estimate of drug-likeness (QED) is 0.838. The molecule has 6 heteroatoms. The van der Waals surface area contributed by atoms with Crippen LogP contribution in [0.4, 0.5) is 0 Å². The third-order valence-corrected chi connectivity index (χ3v) is 6.41. The molecule has 1 fully saturated rings. The van der Waals surface area contributed by atoms with E-state index in [0.29, 0.717) is 17.3 Å². The molecule has 4 nitrogen and oxygen atoms in total. The highest BCUT2D eigenvalue weighted by Gasteiger charge is 2.26. The number of thioether (sulfide) groups is 2. The molecule has 0 spiro atoms. The van der Waals surface area contributed by atoms with Crippen LogP contribution in [0.15, 0.2) is 6.33 Å². The van der Waals surface area contributed by atoms with E-state index in [1.54, 1.807) is 6.33 Å². The maximum Gasteiger partial charge on any atom is 0.138 e. The summed E-state index contributed by atoms with van der Waals surface area (Å²) in [5.41, 5.74) is 0. The Hall–Kier alpha value is -0.200. The summed E-state index contributed by atoms with van der Waals surface area (Å²) in [6.07, 6.45) is 3.85. The summed E-state index contributed by atoms with van der Waals surface area (Å²) in [5.74, 6) is 4.94. The van der Waals surface area contributed by atoms with Gasteiger partial charge in [0.2, 0.25) is 0 Å². The molecule has 1 saturated heterocycles. The third-order valence-electron chi connectivity index (χ3n) is 3.49. The average molecular weight is 315 g/mol. The molecular formula is C14H26N4S2. The first-order valence-corrected chi connectivity index (χ1v) is 9.73. The number of nitrogens with one attached hydrogen (secondary N) is 1. The van der Waals surface area contributed by atoms with Gasteiger partial charge in [0.1, 0.15) is 12.2 Å². The maximum atomic E-state index is 4.48. The molecule has 0 saturated carbocycles. The lowest BCUT2D eigenvalue weighted by molar-refractivity contribution is 0.453. The molecule has 0 radical (unpaired) electrons.